The van der Waals surface area contributed by atoms with Crippen molar-refractivity contribution < 1.29 is 28.6 Å². The number of ether oxygens (including phenoxy) is 3. The molecule has 0 aliphatic heterocycles. The first-order valence-corrected chi connectivity index (χ1v) is 36.7. The molecule has 0 saturated heterocycles. The standard InChI is InChI=1S/C74H142O6/c1-4-7-10-13-16-19-22-25-28-31-33-35-37-39-40-43-46-49-52-55-58-61-64-67-73(76)79-70-71(69-78-72(75)66-63-60-57-54-51-48-45-42-30-27-24-21-18-15-12-9-6-3)80-74(77)68-65-62-59-56-53-50-47-44-41-38-36-34-32-29-26-23-20-17-14-11-8-5-2/h27,30,71H,4-26,28-29,31-70H2,1-3H3/b30-27-. The van der Waals surface area contributed by atoms with Crippen molar-refractivity contribution in [3.8, 4) is 0 Å². The van der Waals surface area contributed by atoms with E-state index in [1.807, 2.05) is 0 Å². The van der Waals surface area contributed by atoms with E-state index in [0.29, 0.717) is 19.3 Å². The molecule has 0 aliphatic rings. The van der Waals surface area contributed by atoms with Crippen LogP contribution in [-0.2, 0) is 28.6 Å². The van der Waals surface area contributed by atoms with Gasteiger partial charge < -0.3 is 14.2 Å². The van der Waals surface area contributed by atoms with Gasteiger partial charge in [0, 0.05) is 19.3 Å². The van der Waals surface area contributed by atoms with Gasteiger partial charge in [0.2, 0.25) is 0 Å². The third-order valence-corrected chi connectivity index (χ3v) is 17.0. The first-order chi connectivity index (χ1) is 39.5. The van der Waals surface area contributed by atoms with Crippen LogP contribution in [0.3, 0.4) is 0 Å². The number of carbonyl (C=O) groups excluding carboxylic acids is 3. The van der Waals surface area contributed by atoms with Gasteiger partial charge >= 0.3 is 17.9 Å². The Hall–Kier alpha value is -1.85. The molecule has 474 valence electrons. The first-order valence-electron chi connectivity index (χ1n) is 36.7. The van der Waals surface area contributed by atoms with Crippen molar-refractivity contribution >= 4 is 17.9 Å². The molecule has 1 unspecified atom stereocenters. The van der Waals surface area contributed by atoms with Gasteiger partial charge in [-0.25, -0.2) is 0 Å². The number of unbranched alkanes of at least 4 members (excludes halogenated alkanes) is 56. The van der Waals surface area contributed by atoms with E-state index in [1.165, 1.54) is 327 Å². The van der Waals surface area contributed by atoms with Crippen molar-refractivity contribution in [2.24, 2.45) is 0 Å². The summed E-state index contributed by atoms with van der Waals surface area (Å²) in [5, 5.41) is 0. The number of hydrogen-bond donors (Lipinski definition) is 0. The topological polar surface area (TPSA) is 78.9 Å². The zero-order chi connectivity index (χ0) is 57.8. The number of hydrogen-bond acceptors (Lipinski definition) is 6. The Bertz CT molecular complexity index is 1250. The summed E-state index contributed by atoms with van der Waals surface area (Å²) in [5.41, 5.74) is 0. The normalized spacial score (nSPS) is 12.0. The minimum atomic E-state index is -0.769. The molecule has 6 heteroatoms. The molecule has 6 nitrogen and oxygen atoms in total. The lowest BCUT2D eigenvalue weighted by atomic mass is 10.0. The molecule has 1 atom stereocenters. The van der Waals surface area contributed by atoms with Crippen molar-refractivity contribution in [1.29, 1.82) is 0 Å². The zero-order valence-corrected chi connectivity index (χ0v) is 54.6. The fraction of sp³-hybridized carbons (Fsp3) is 0.932. The maximum atomic E-state index is 13.0. The van der Waals surface area contributed by atoms with Crippen LogP contribution in [-0.4, -0.2) is 37.2 Å². The summed E-state index contributed by atoms with van der Waals surface area (Å²) in [4.78, 5) is 38.5. The van der Waals surface area contributed by atoms with E-state index in [2.05, 4.69) is 32.9 Å². The molecule has 0 heterocycles. The molecule has 0 saturated carbocycles. The van der Waals surface area contributed by atoms with Crippen LogP contribution in [0, 0.1) is 0 Å². The van der Waals surface area contributed by atoms with Crippen molar-refractivity contribution in [3.05, 3.63) is 12.2 Å². The van der Waals surface area contributed by atoms with E-state index in [1.54, 1.807) is 0 Å². The lowest BCUT2D eigenvalue weighted by molar-refractivity contribution is -0.167. The van der Waals surface area contributed by atoms with Crippen LogP contribution in [0.25, 0.3) is 0 Å². The molecular formula is C74H142O6. The Morgan fingerprint density at radius 2 is 0.412 bits per heavy atom. The van der Waals surface area contributed by atoms with Gasteiger partial charge in [0.25, 0.3) is 0 Å². The van der Waals surface area contributed by atoms with E-state index in [-0.39, 0.29) is 31.1 Å². The first kappa shape index (κ1) is 78.1. The highest BCUT2D eigenvalue weighted by Crippen LogP contribution is 2.19. The van der Waals surface area contributed by atoms with E-state index in [9.17, 15) is 14.4 Å². The monoisotopic (exact) mass is 1130 g/mol. The molecular weight excluding hydrogens is 985 g/mol. The van der Waals surface area contributed by atoms with Gasteiger partial charge in [-0.1, -0.05) is 373 Å². The number of esters is 3. The predicted octanol–water partition coefficient (Wildman–Crippen LogP) is 25.2. The van der Waals surface area contributed by atoms with Crippen LogP contribution in [0.2, 0.25) is 0 Å². The van der Waals surface area contributed by atoms with Gasteiger partial charge in [0.1, 0.15) is 13.2 Å². The van der Waals surface area contributed by atoms with E-state index in [0.717, 1.165) is 57.8 Å². The van der Waals surface area contributed by atoms with E-state index < -0.39 is 6.10 Å². The van der Waals surface area contributed by atoms with Crippen molar-refractivity contribution in [2.45, 2.75) is 431 Å². The Morgan fingerprint density at radius 3 is 0.625 bits per heavy atom. The fourth-order valence-electron chi connectivity index (χ4n) is 11.5. The number of carbonyl (C=O) groups is 3. The lowest BCUT2D eigenvalue weighted by Crippen LogP contribution is -2.30. The quantitative estimate of drug-likeness (QED) is 0.0261. The van der Waals surface area contributed by atoms with Gasteiger partial charge in [-0.05, 0) is 44.9 Å². The van der Waals surface area contributed by atoms with Crippen molar-refractivity contribution in [2.75, 3.05) is 13.2 Å². The van der Waals surface area contributed by atoms with Gasteiger partial charge in [-0.3, -0.25) is 14.4 Å². The van der Waals surface area contributed by atoms with Crippen molar-refractivity contribution in [1.82, 2.24) is 0 Å². The minimum absolute atomic E-state index is 0.0640. The second-order valence-corrected chi connectivity index (χ2v) is 25.2. The highest BCUT2D eigenvalue weighted by Gasteiger charge is 2.20. The molecule has 0 aliphatic carbocycles. The SMILES string of the molecule is CCCCCCCC/C=C\CCCCCCCCCC(=O)OCC(COC(=O)CCCCCCCCCCCCCCCCCCCCCCCCC)OC(=O)CCCCCCCCCCCCCCCCCCCCCCCC. The fourth-order valence-corrected chi connectivity index (χ4v) is 11.5. The van der Waals surface area contributed by atoms with Gasteiger partial charge in [0.15, 0.2) is 6.10 Å². The average molecular weight is 1130 g/mol. The predicted molar refractivity (Wildman–Crippen MR) is 349 cm³/mol. The van der Waals surface area contributed by atoms with Crippen molar-refractivity contribution in [3.63, 3.8) is 0 Å². The summed E-state index contributed by atoms with van der Waals surface area (Å²) in [5.74, 6) is -0.829. The Morgan fingerprint density at radius 1 is 0.237 bits per heavy atom. The average Bonchev–Trinajstić information content (AvgIpc) is 3.46. The number of allylic oxidation sites excluding steroid dienone is 2. The minimum Gasteiger partial charge on any atom is -0.462 e. The second kappa shape index (κ2) is 69.6. The highest BCUT2D eigenvalue weighted by atomic mass is 16.6. The van der Waals surface area contributed by atoms with Gasteiger partial charge in [0.05, 0.1) is 0 Å². The summed E-state index contributed by atoms with van der Waals surface area (Å²) in [6.45, 7) is 6.74. The summed E-state index contributed by atoms with van der Waals surface area (Å²) >= 11 is 0. The molecule has 0 rings (SSSR count). The molecule has 0 radical (unpaired) electrons. The maximum absolute atomic E-state index is 13.0. The molecule has 0 aromatic heterocycles. The third kappa shape index (κ3) is 66.9. The molecule has 0 aromatic carbocycles. The number of rotatable bonds is 69. The molecule has 0 bridgehead atoms. The van der Waals surface area contributed by atoms with Crippen LogP contribution < -0.4 is 0 Å². The summed E-state index contributed by atoms with van der Waals surface area (Å²) < 4.78 is 17.0. The largest absolute Gasteiger partial charge is 0.462 e. The zero-order valence-electron chi connectivity index (χ0n) is 54.6. The molecule has 0 amide bonds. The van der Waals surface area contributed by atoms with Gasteiger partial charge in [-0.15, -0.1) is 0 Å². The second-order valence-electron chi connectivity index (χ2n) is 25.2. The van der Waals surface area contributed by atoms with E-state index in [4.69, 9.17) is 14.2 Å². The molecule has 0 fully saturated rings. The summed E-state index contributed by atoms with van der Waals surface area (Å²) in [7, 11) is 0. The van der Waals surface area contributed by atoms with Crippen LogP contribution in [0.15, 0.2) is 12.2 Å². The van der Waals surface area contributed by atoms with Gasteiger partial charge in [-0.2, -0.15) is 0 Å². The molecule has 0 N–H and O–H groups in total. The molecule has 80 heavy (non-hydrogen) atoms. The Kier molecular flexibility index (Phi) is 68.0. The smallest absolute Gasteiger partial charge is 0.306 e. The Labute approximate surface area is 501 Å². The molecule has 0 aromatic rings. The summed E-state index contributed by atoms with van der Waals surface area (Å²) in [6.07, 6.45) is 83.9. The third-order valence-electron chi connectivity index (χ3n) is 17.0. The Balaban J connectivity index is 4.26. The highest BCUT2D eigenvalue weighted by molar-refractivity contribution is 5.71. The van der Waals surface area contributed by atoms with Crippen LogP contribution in [0.1, 0.15) is 425 Å². The maximum Gasteiger partial charge on any atom is 0.306 e. The summed E-state index contributed by atoms with van der Waals surface area (Å²) in [6, 6.07) is 0. The van der Waals surface area contributed by atoms with E-state index >= 15 is 0 Å². The van der Waals surface area contributed by atoms with Crippen LogP contribution >= 0.6 is 0 Å². The lowest BCUT2D eigenvalue weighted by Gasteiger charge is -2.18. The van der Waals surface area contributed by atoms with Crippen LogP contribution in [0.4, 0.5) is 0 Å². The molecule has 0 spiro atoms. The van der Waals surface area contributed by atoms with Crippen LogP contribution in [0.5, 0.6) is 0 Å².